The summed E-state index contributed by atoms with van der Waals surface area (Å²) in [7, 11) is 1.87. The normalized spacial score (nSPS) is 13.8. The summed E-state index contributed by atoms with van der Waals surface area (Å²) in [5.41, 5.74) is 4.21. The Hall–Kier alpha value is -2.62. The van der Waals surface area contributed by atoms with E-state index in [-0.39, 0.29) is 11.8 Å². The molecule has 2 aromatic rings. The molecule has 3 nitrogen and oxygen atoms in total. The fraction of sp³-hybridized carbons (Fsp3) is 0.211. The molecule has 1 aliphatic rings. The first-order chi connectivity index (χ1) is 11.1. The zero-order valence-electron chi connectivity index (χ0n) is 13.2. The molecule has 1 aliphatic heterocycles. The van der Waals surface area contributed by atoms with Gasteiger partial charge in [0, 0.05) is 19.2 Å². The van der Waals surface area contributed by atoms with E-state index in [1.54, 1.807) is 19.1 Å². The number of halogens is 1. The van der Waals surface area contributed by atoms with Crippen LogP contribution in [0, 0.1) is 5.82 Å². The Morgan fingerprint density at radius 3 is 2.57 bits per heavy atom. The number of likely N-dealkylation sites (N-methyl/N-ethyl adjacent to an activating group) is 1. The van der Waals surface area contributed by atoms with Crippen molar-refractivity contribution in [3.63, 3.8) is 0 Å². The number of carbonyl (C=O) groups is 1. The van der Waals surface area contributed by atoms with Crippen LogP contribution < -0.4 is 0 Å². The summed E-state index contributed by atoms with van der Waals surface area (Å²) in [5.74, 6) is -0.659. The van der Waals surface area contributed by atoms with Gasteiger partial charge in [0.2, 0.25) is 0 Å². The van der Waals surface area contributed by atoms with Crippen molar-refractivity contribution in [2.45, 2.75) is 13.5 Å². The summed E-state index contributed by atoms with van der Waals surface area (Å²) >= 11 is 0. The second-order valence-electron chi connectivity index (χ2n) is 5.46. The Morgan fingerprint density at radius 1 is 1.17 bits per heavy atom. The molecule has 1 heterocycles. The van der Waals surface area contributed by atoms with Gasteiger partial charge in [-0.25, -0.2) is 9.18 Å². The smallest absolute Gasteiger partial charge is 0.355 e. The Kier molecular flexibility index (Phi) is 4.15. The number of carbonyl (C=O) groups excluding carboxylic acids is 1. The highest BCUT2D eigenvalue weighted by Crippen LogP contribution is 2.36. The van der Waals surface area contributed by atoms with Crippen molar-refractivity contribution in [2.75, 3.05) is 13.7 Å². The minimum Gasteiger partial charge on any atom is -0.461 e. The number of ether oxygens (including phenoxy) is 1. The fourth-order valence-electron chi connectivity index (χ4n) is 2.92. The summed E-state index contributed by atoms with van der Waals surface area (Å²) in [6, 6.07) is 14.1. The van der Waals surface area contributed by atoms with Crippen molar-refractivity contribution in [1.29, 1.82) is 0 Å². The van der Waals surface area contributed by atoms with Crippen LogP contribution in [0.25, 0.3) is 5.57 Å². The molecule has 0 unspecified atom stereocenters. The molecule has 0 aliphatic carbocycles. The Labute approximate surface area is 135 Å². The van der Waals surface area contributed by atoms with E-state index < -0.39 is 0 Å². The molecule has 0 saturated heterocycles. The topological polar surface area (TPSA) is 29.5 Å². The first-order valence-electron chi connectivity index (χ1n) is 7.58. The second-order valence-corrected chi connectivity index (χ2v) is 5.46. The predicted molar refractivity (Wildman–Crippen MR) is 87.0 cm³/mol. The van der Waals surface area contributed by atoms with Gasteiger partial charge in [0.05, 0.1) is 6.61 Å². The summed E-state index contributed by atoms with van der Waals surface area (Å²) in [6.45, 7) is 2.73. The maximum Gasteiger partial charge on any atom is 0.355 e. The van der Waals surface area contributed by atoms with Crippen LogP contribution in [0.5, 0.6) is 0 Å². The van der Waals surface area contributed by atoms with Gasteiger partial charge >= 0.3 is 5.97 Å². The van der Waals surface area contributed by atoms with Crippen molar-refractivity contribution in [2.24, 2.45) is 0 Å². The third kappa shape index (κ3) is 2.84. The van der Waals surface area contributed by atoms with Gasteiger partial charge in [0.15, 0.2) is 0 Å². The van der Waals surface area contributed by atoms with Gasteiger partial charge in [-0.05, 0) is 35.7 Å². The SMILES string of the molecule is CCOC(=O)C1=C(c2ccc(F)cc2)c2ccccc2CN1C. The summed E-state index contributed by atoms with van der Waals surface area (Å²) < 4.78 is 18.5. The molecule has 0 spiro atoms. The highest BCUT2D eigenvalue weighted by atomic mass is 19.1. The van der Waals surface area contributed by atoms with Gasteiger partial charge in [-0.1, -0.05) is 36.4 Å². The van der Waals surface area contributed by atoms with Gasteiger partial charge < -0.3 is 9.64 Å². The molecule has 0 fully saturated rings. The minimum atomic E-state index is -0.358. The number of fused-ring (bicyclic) bond motifs is 1. The van der Waals surface area contributed by atoms with E-state index in [1.807, 2.05) is 36.2 Å². The summed E-state index contributed by atoms with van der Waals surface area (Å²) in [5, 5.41) is 0. The highest BCUT2D eigenvalue weighted by molar-refractivity contribution is 6.02. The average molecular weight is 311 g/mol. The van der Waals surface area contributed by atoms with Gasteiger partial charge in [-0.2, -0.15) is 0 Å². The highest BCUT2D eigenvalue weighted by Gasteiger charge is 2.28. The number of esters is 1. The van der Waals surface area contributed by atoms with Gasteiger partial charge in [0.25, 0.3) is 0 Å². The molecule has 3 rings (SSSR count). The molecule has 0 atom stereocenters. The van der Waals surface area contributed by atoms with Crippen LogP contribution in [0.1, 0.15) is 23.6 Å². The molecule has 0 radical (unpaired) electrons. The lowest BCUT2D eigenvalue weighted by Gasteiger charge is -2.31. The van der Waals surface area contributed by atoms with E-state index in [1.165, 1.54) is 12.1 Å². The minimum absolute atomic E-state index is 0.301. The second kappa shape index (κ2) is 6.24. The van der Waals surface area contributed by atoms with Gasteiger partial charge in [-0.15, -0.1) is 0 Å². The van der Waals surface area contributed by atoms with Crippen molar-refractivity contribution >= 4 is 11.5 Å². The molecule has 118 valence electrons. The molecule has 0 bridgehead atoms. The zero-order chi connectivity index (χ0) is 16.4. The number of nitrogens with zero attached hydrogens (tertiary/aromatic N) is 1. The van der Waals surface area contributed by atoms with Gasteiger partial charge in [-0.3, -0.25) is 0 Å². The third-order valence-corrected chi connectivity index (χ3v) is 3.91. The largest absolute Gasteiger partial charge is 0.461 e. The molecule has 0 N–H and O–H groups in total. The first kappa shape index (κ1) is 15.3. The number of hydrogen-bond acceptors (Lipinski definition) is 3. The Balaban J connectivity index is 2.24. The lowest BCUT2D eigenvalue weighted by molar-refractivity contribution is -0.140. The van der Waals surface area contributed by atoms with Crippen LogP contribution in [0.2, 0.25) is 0 Å². The van der Waals surface area contributed by atoms with Crippen LogP contribution >= 0.6 is 0 Å². The maximum atomic E-state index is 13.3. The lowest BCUT2D eigenvalue weighted by Crippen LogP contribution is -2.30. The van der Waals surface area contributed by atoms with Crippen LogP contribution in [-0.2, 0) is 16.1 Å². The molecule has 0 saturated carbocycles. The quantitative estimate of drug-likeness (QED) is 0.811. The van der Waals surface area contributed by atoms with Crippen LogP contribution in [0.3, 0.4) is 0 Å². The molecule has 0 aromatic heterocycles. The van der Waals surface area contributed by atoms with Crippen molar-refractivity contribution in [1.82, 2.24) is 4.90 Å². The molecule has 23 heavy (non-hydrogen) atoms. The molecule has 2 aromatic carbocycles. The Bertz CT molecular complexity index is 765. The van der Waals surface area contributed by atoms with Crippen molar-refractivity contribution in [3.8, 4) is 0 Å². The van der Waals surface area contributed by atoms with E-state index in [0.717, 1.165) is 22.3 Å². The van der Waals surface area contributed by atoms with E-state index in [2.05, 4.69) is 0 Å². The lowest BCUT2D eigenvalue weighted by atomic mass is 9.88. The third-order valence-electron chi connectivity index (χ3n) is 3.91. The molecular weight excluding hydrogens is 293 g/mol. The number of rotatable bonds is 3. The zero-order valence-corrected chi connectivity index (χ0v) is 13.2. The summed E-state index contributed by atoms with van der Waals surface area (Å²) in [4.78, 5) is 14.4. The maximum absolute atomic E-state index is 13.3. The van der Waals surface area contributed by atoms with Crippen molar-refractivity contribution < 1.29 is 13.9 Å². The van der Waals surface area contributed by atoms with E-state index in [9.17, 15) is 9.18 Å². The van der Waals surface area contributed by atoms with E-state index in [0.29, 0.717) is 18.8 Å². The average Bonchev–Trinajstić information content (AvgIpc) is 2.54. The number of hydrogen-bond donors (Lipinski definition) is 0. The van der Waals surface area contributed by atoms with Crippen LogP contribution in [0.15, 0.2) is 54.2 Å². The Morgan fingerprint density at radius 2 is 1.87 bits per heavy atom. The fourth-order valence-corrected chi connectivity index (χ4v) is 2.92. The first-order valence-corrected chi connectivity index (χ1v) is 7.58. The van der Waals surface area contributed by atoms with Gasteiger partial charge in [0.1, 0.15) is 11.5 Å². The number of benzene rings is 2. The predicted octanol–water partition coefficient (Wildman–Crippen LogP) is 3.59. The van der Waals surface area contributed by atoms with Crippen LogP contribution in [0.4, 0.5) is 4.39 Å². The summed E-state index contributed by atoms with van der Waals surface area (Å²) in [6.07, 6.45) is 0. The van der Waals surface area contributed by atoms with Crippen LogP contribution in [-0.4, -0.2) is 24.5 Å². The standard InChI is InChI=1S/C19H18FNO2/c1-3-23-19(22)18-17(13-8-10-15(20)11-9-13)16-7-5-4-6-14(16)12-21(18)2/h4-11H,3,12H2,1-2H3. The molecule has 0 amide bonds. The van der Waals surface area contributed by atoms with E-state index in [4.69, 9.17) is 4.74 Å². The van der Waals surface area contributed by atoms with E-state index >= 15 is 0 Å². The molecule has 4 heteroatoms. The monoisotopic (exact) mass is 311 g/mol. The van der Waals surface area contributed by atoms with Crippen molar-refractivity contribution in [3.05, 3.63) is 76.7 Å². The molecular formula is C19H18FNO2.